The Morgan fingerprint density at radius 3 is 0.911 bits per heavy atom. The molecular formula is C76H98N2Si. The summed E-state index contributed by atoms with van der Waals surface area (Å²) in [6.45, 7) is 59.5. The summed E-state index contributed by atoms with van der Waals surface area (Å²) < 4.78 is 0. The van der Waals surface area contributed by atoms with Crippen LogP contribution in [-0.2, 0) is 37.9 Å². The molecule has 8 rings (SSSR count). The maximum atomic E-state index is 2.69. The van der Waals surface area contributed by atoms with Gasteiger partial charge in [-0.1, -0.05) is 261 Å². The molecule has 0 aromatic heterocycles. The minimum absolute atomic E-state index is 0.0895. The molecule has 0 N–H and O–H groups in total. The second-order valence-corrected chi connectivity index (χ2v) is 36.7. The Balaban J connectivity index is 1.69. The molecule has 0 aliphatic carbocycles. The standard InChI is InChI=1S/C76H98N2Si/c1-49-29-28-30-50(35-49)51-33-34-66-67(36-51)69(78(61-44-56(74(14,15)16)39-57(45-61)75(17,18)19)62-46-58(76(20,21)22)47-63(48-62)79(23,24)25)65-32-27-26-31-64(65)68(66)77(59-40-52(70(2,3)4)37-53(41-59)71(5,6)7)60-42-54(72(8,9)10)38-55(43-60)73(11,12)13/h26-48H,1-25H3. The van der Waals surface area contributed by atoms with Gasteiger partial charge in [-0.25, -0.2) is 0 Å². The van der Waals surface area contributed by atoms with Crippen LogP contribution in [0.15, 0.2) is 140 Å². The van der Waals surface area contributed by atoms with E-state index in [-0.39, 0.29) is 37.9 Å². The number of rotatable bonds is 8. The first-order chi connectivity index (χ1) is 36.1. The first-order valence-electron chi connectivity index (χ1n) is 29.4. The zero-order chi connectivity index (χ0) is 58.5. The molecule has 0 amide bonds. The molecular weight excluding hydrogens is 969 g/mol. The number of hydrogen-bond acceptors (Lipinski definition) is 2. The van der Waals surface area contributed by atoms with Crippen molar-refractivity contribution in [3.8, 4) is 11.1 Å². The van der Waals surface area contributed by atoms with Gasteiger partial charge in [0.25, 0.3) is 0 Å². The molecule has 0 heterocycles. The van der Waals surface area contributed by atoms with E-state index in [9.17, 15) is 0 Å². The summed E-state index contributed by atoms with van der Waals surface area (Å²) in [5.41, 5.74) is 19.4. The van der Waals surface area contributed by atoms with E-state index in [0.717, 1.165) is 0 Å². The third kappa shape index (κ3) is 12.5. The molecule has 8 aromatic carbocycles. The topological polar surface area (TPSA) is 6.48 Å². The zero-order valence-electron chi connectivity index (χ0n) is 53.7. The number of nitrogens with zero attached hydrogens (tertiary/aromatic N) is 2. The fraction of sp³-hybridized carbons (Fsp3) is 0.421. The van der Waals surface area contributed by atoms with Gasteiger partial charge in [0, 0.05) is 44.3 Å². The Labute approximate surface area is 481 Å². The largest absolute Gasteiger partial charge is 0.309 e. The molecule has 0 radical (unpaired) electrons. The molecule has 79 heavy (non-hydrogen) atoms. The highest BCUT2D eigenvalue weighted by atomic mass is 28.3. The van der Waals surface area contributed by atoms with Crippen molar-refractivity contribution in [1.29, 1.82) is 0 Å². The SMILES string of the molecule is Cc1cccc(-c2ccc3c(N(c4cc(C(C)(C)C)cc(C(C)(C)C)c4)c4cc(C(C)(C)C)cc(C(C)(C)C)c4)c4ccccc4c(N(c4cc(C(C)(C)C)cc(C(C)(C)C)c4)c4cc(C(C)(C)C)cc([Si](C)(C)C)c4)c3c2)c1. The first-order valence-corrected chi connectivity index (χ1v) is 32.9. The summed E-state index contributed by atoms with van der Waals surface area (Å²) in [6.07, 6.45) is 0. The van der Waals surface area contributed by atoms with Crippen molar-refractivity contribution in [1.82, 2.24) is 0 Å². The number of benzene rings is 8. The third-order valence-corrected chi connectivity index (χ3v) is 18.4. The van der Waals surface area contributed by atoms with Crippen molar-refractivity contribution in [3.05, 3.63) is 184 Å². The van der Waals surface area contributed by atoms with E-state index < -0.39 is 8.07 Å². The second-order valence-electron chi connectivity index (χ2n) is 31.6. The summed E-state index contributed by atoms with van der Waals surface area (Å²) >= 11 is 0. The van der Waals surface area contributed by atoms with Gasteiger partial charge >= 0.3 is 0 Å². The predicted octanol–water partition coefficient (Wildman–Crippen LogP) is 22.5. The van der Waals surface area contributed by atoms with E-state index in [1.54, 1.807) is 0 Å². The molecule has 0 aliphatic heterocycles. The number of fused-ring (bicyclic) bond motifs is 2. The lowest BCUT2D eigenvalue weighted by molar-refractivity contribution is 0.567. The van der Waals surface area contributed by atoms with Gasteiger partial charge < -0.3 is 9.80 Å². The number of aryl methyl sites for hydroxylation is 1. The van der Waals surface area contributed by atoms with E-state index in [2.05, 4.69) is 321 Å². The molecule has 0 aliphatic rings. The molecule has 0 bridgehead atoms. The van der Waals surface area contributed by atoms with Crippen LogP contribution in [0.4, 0.5) is 34.1 Å². The van der Waals surface area contributed by atoms with Crippen molar-refractivity contribution in [3.63, 3.8) is 0 Å². The van der Waals surface area contributed by atoms with Crippen LogP contribution >= 0.6 is 0 Å². The summed E-state index contributed by atoms with van der Waals surface area (Å²) in [4.78, 5) is 5.36. The Bertz CT molecular complexity index is 3300. The smallest absolute Gasteiger partial charge is 0.0777 e. The van der Waals surface area contributed by atoms with E-state index in [0.29, 0.717) is 0 Å². The highest BCUT2D eigenvalue weighted by Gasteiger charge is 2.33. The minimum Gasteiger partial charge on any atom is -0.309 e. The van der Waals surface area contributed by atoms with E-state index in [1.807, 2.05) is 0 Å². The molecule has 8 aromatic rings. The van der Waals surface area contributed by atoms with E-state index in [1.165, 1.54) is 116 Å². The number of hydrogen-bond donors (Lipinski definition) is 0. The third-order valence-electron chi connectivity index (χ3n) is 16.4. The lowest BCUT2D eigenvalue weighted by Crippen LogP contribution is -2.39. The minimum atomic E-state index is -1.88. The van der Waals surface area contributed by atoms with Gasteiger partial charge in [0.2, 0.25) is 0 Å². The van der Waals surface area contributed by atoms with E-state index >= 15 is 0 Å². The Hall–Kier alpha value is -5.90. The van der Waals surface area contributed by atoms with Crippen LogP contribution in [0.1, 0.15) is 190 Å². The van der Waals surface area contributed by atoms with Crippen LogP contribution in [0.2, 0.25) is 19.6 Å². The first kappa shape index (κ1) is 59.2. The van der Waals surface area contributed by atoms with Crippen LogP contribution in [0.5, 0.6) is 0 Å². The van der Waals surface area contributed by atoms with Gasteiger partial charge in [0.05, 0.1) is 19.4 Å². The van der Waals surface area contributed by atoms with Gasteiger partial charge in [-0.2, -0.15) is 0 Å². The van der Waals surface area contributed by atoms with Crippen molar-refractivity contribution in [2.45, 2.75) is 210 Å². The maximum absolute atomic E-state index is 2.69. The molecule has 3 heteroatoms. The van der Waals surface area contributed by atoms with Crippen LogP contribution in [0.25, 0.3) is 32.7 Å². The molecule has 0 saturated carbocycles. The molecule has 0 spiro atoms. The van der Waals surface area contributed by atoms with Crippen LogP contribution < -0.4 is 15.0 Å². The molecule has 0 unspecified atom stereocenters. The molecule has 0 atom stereocenters. The highest BCUT2D eigenvalue weighted by molar-refractivity contribution is 6.88. The average molecular weight is 1070 g/mol. The van der Waals surface area contributed by atoms with Crippen molar-refractivity contribution < 1.29 is 0 Å². The van der Waals surface area contributed by atoms with Crippen LogP contribution in [0, 0.1) is 6.92 Å². The lowest BCUT2D eigenvalue weighted by Gasteiger charge is -2.37. The van der Waals surface area contributed by atoms with Gasteiger partial charge in [-0.3, -0.25) is 0 Å². The fourth-order valence-corrected chi connectivity index (χ4v) is 12.0. The quantitative estimate of drug-likeness (QED) is 0.0850. The van der Waals surface area contributed by atoms with Crippen molar-refractivity contribution in [2.75, 3.05) is 9.80 Å². The molecule has 2 nitrogen and oxygen atoms in total. The predicted molar refractivity (Wildman–Crippen MR) is 355 cm³/mol. The summed E-state index contributed by atoms with van der Waals surface area (Å²) in [5.74, 6) is 0. The summed E-state index contributed by atoms with van der Waals surface area (Å²) in [6, 6.07) is 55.9. The lowest BCUT2D eigenvalue weighted by atomic mass is 9.79. The summed E-state index contributed by atoms with van der Waals surface area (Å²) in [7, 11) is -1.88. The van der Waals surface area contributed by atoms with Gasteiger partial charge in [-0.15, -0.1) is 0 Å². The van der Waals surface area contributed by atoms with E-state index in [4.69, 9.17) is 0 Å². The monoisotopic (exact) mass is 1070 g/mol. The Morgan fingerprint density at radius 1 is 0.278 bits per heavy atom. The molecule has 416 valence electrons. The van der Waals surface area contributed by atoms with Gasteiger partial charge in [0.15, 0.2) is 0 Å². The van der Waals surface area contributed by atoms with Gasteiger partial charge in [-0.05, 0) is 149 Å². The van der Waals surface area contributed by atoms with Crippen LogP contribution in [-0.4, -0.2) is 8.07 Å². The normalized spacial score (nSPS) is 13.4. The average Bonchev–Trinajstić information content (AvgIpc) is 3.51. The maximum Gasteiger partial charge on any atom is 0.0777 e. The highest BCUT2D eigenvalue weighted by Crippen LogP contribution is 2.54. The second kappa shape index (κ2) is 20.3. The Morgan fingerprint density at radius 2 is 0.582 bits per heavy atom. The molecule has 0 saturated heterocycles. The van der Waals surface area contributed by atoms with Crippen LogP contribution in [0.3, 0.4) is 0 Å². The van der Waals surface area contributed by atoms with Gasteiger partial charge in [0.1, 0.15) is 0 Å². The Kier molecular flexibility index (Phi) is 15.2. The van der Waals surface area contributed by atoms with Crippen molar-refractivity contribution >= 4 is 68.9 Å². The number of anilines is 6. The van der Waals surface area contributed by atoms with Crippen molar-refractivity contribution in [2.24, 2.45) is 0 Å². The summed E-state index contributed by atoms with van der Waals surface area (Å²) in [5, 5.41) is 6.28. The fourth-order valence-electron chi connectivity index (χ4n) is 10.9. The molecule has 0 fully saturated rings. The zero-order valence-corrected chi connectivity index (χ0v) is 54.7.